The van der Waals surface area contributed by atoms with Gasteiger partial charge in [-0.25, -0.2) is 0 Å². The Hall–Kier alpha value is -0.800. The van der Waals surface area contributed by atoms with Gasteiger partial charge in [0.1, 0.15) is 11.5 Å². The fourth-order valence-electron chi connectivity index (χ4n) is 2.77. The standard InChI is InChI=1S/C15H26N2O/c1-3-5-13-8-9-17(11-13)12-15-7-6-14(18-15)10-16-4-2/h6-7,13,16H,3-5,8-12H2,1-2H3. The van der Waals surface area contributed by atoms with E-state index >= 15 is 0 Å². The molecule has 0 bridgehead atoms. The number of likely N-dealkylation sites (tertiary alicyclic amines) is 1. The van der Waals surface area contributed by atoms with Gasteiger partial charge in [0.15, 0.2) is 0 Å². The third-order valence-corrected chi connectivity index (χ3v) is 3.71. The van der Waals surface area contributed by atoms with E-state index in [-0.39, 0.29) is 0 Å². The smallest absolute Gasteiger partial charge is 0.118 e. The summed E-state index contributed by atoms with van der Waals surface area (Å²) in [6, 6.07) is 4.22. The van der Waals surface area contributed by atoms with Gasteiger partial charge in [0.25, 0.3) is 0 Å². The molecule has 3 heteroatoms. The van der Waals surface area contributed by atoms with Gasteiger partial charge in [0.05, 0.1) is 13.1 Å². The van der Waals surface area contributed by atoms with Crippen LogP contribution in [0.25, 0.3) is 0 Å². The quantitative estimate of drug-likeness (QED) is 0.806. The van der Waals surface area contributed by atoms with Crippen molar-refractivity contribution in [3.8, 4) is 0 Å². The van der Waals surface area contributed by atoms with Crippen LogP contribution in [-0.4, -0.2) is 24.5 Å². The summed E-state index contributed by atoms with van der Waals surface area (Å²) in [5, 5.41) is 3.29. The number of hydrogen-bond acceptors (Lipinski definition) is 3. The molecule has 3 nitrogen and oxygen atoms in total. The van der Waals surface area contributed by atoms with E-state index in [1.54, 1.807) is 0 Å². The fourth-order valence-corrected chi connectivity index (χ4v) is 2.77. The topological polar surface area (TPSA) is 28.4 Å². The summed E-state index contributed by atoms with van der Waals surface area (Å²) in [4.78, 5) is 2.52. The minimum atomic E-state index is 0.842. The lowest BCUT2D eigenvalue weighted by Crippen LogP contribution is -2.19. The molecule has 1 unspecified atom stereocenters. The predicted octanol–water partition coefficient (Wildman–Crippen LogP) is 3.01. The zero-order valence-electron chi connectivity index (χ0n) is 11.7. The van der Waals surface area contributed by atoms with Crippen molar-refractivity contribution in [1.29, 1.82) is 0 Å². The molecule has 0 spiro atoms. The van der Waals surface area contributed by atoms with Crippen molar-refractivity contribution >= 4 is 0 Å². The van der Waals surface area contributed by atoms with Crippen molar-refractivity contribution in [2.75, 3.05) is 19.6 Å². The van der Waals surface area contributed by atoms with Crippen LogP contribution < -0.4 is 5.32 Å². The molecule has 1 aromatic heterocycles. The lowest BCUT2D eigenvalue weighted by Gasteiger charge is -2.14. The molecule has 18 heavy (non-hydrogen) atoms. The van der Waals surface area contributed by atoms with E-state index in [1.807, 2.05) is 0 Å². The van der Waals surface area contributed by atoms with E-state index in [1.165, 1.54) is 32.4 Å². The lowest BCUT2D eigenvalue weighted by atomic mass is 10.0. The summed E-state index contributed by atoms with van der Waals surface area (Å²) in [6.07, 6.45) is 4.05. The largest absolute Gasteiger partial charge is 0.463 e. The van der Waals surface area contributed by atoms with Crippen molar-refractivity contribution in [2.45, 2.75) is 46.2 Å². The van der Waals surface area contributed by atoms with E-state index in [9.17, 15) is 0 Å². The lowest BCUT2D eigenvalue weighted by molar-refractivity contribution is 0.279. The second-order valence-corrected chi connectivity index (χ2v) is 5.33. The molecule has 0 aliphatic carbocycles. The molecular formula is C15H26N2O. The molecule has 0 saturated carbocycles. The molecule has 1 aromatic rings. The summed E-state index contributed by atoms with van der Waals surface area (Å²) >= 11 is 0. The maximum atomic E-state index is 5.84. The van der Waals surface area contributed by atoms with Crippen molar-refractivity contribution in [3.63, 3.8) is 0 Å². The summed E-state index contributed by atoms with van der Waals surface area (Å²) < 4.78 is 5.84. The van der Waals surface area contributed by atoms with Gasteiger partial charge < -0.3 is 9.73 Å². The molecular weight excluding hydrogens is 224 g/mol. The van der Waals surface area contributed by atoms with Crippen LogP contribution >= 0.6 is 0 Å². The zero-order chi connectivity index (χ0) is 12.8. The van der Waals surface area contributed by atoms with Gasteiger partial charge in [0.2, 0.25) is 0 Å². The summed E-state index contributed by atoms with van der Waals surface area (Å²) in [7, 11) is 0. The fraction of sp³-hybridized carbons (Fsp3) is 0.733. The van der Waals surface area contributed by atoms with E-state index in [2.05, 4.69) is 36.2 Å². The first-order valence-corrected chi connectivity index (χ1v) is 7.32. The van der Waals surface area contributed by atoms with E-state index < -0.39 is 0 Å². The van der Waals surface area contributed by atoms with Gasteiger partial charge in [-0.15, -0.1) is 0 Å². The molecule has 0 amide bonds. The Labute approximate surface area is 111 Å². The molecule has 1 saturated heterocycles. The second kappa shape index (κ2) is 6.95. The summed E-state index contributed by atoms with van der Waals surface area (Å²) in [5.74, 6) is 3.07. The Balaban J connectivity index is 1.77. The molecule has 2 heterocycles. The number of furan rings is 1. The Morgan fingerprint density at radius 3 is 2.94 bits per heavy atom. The van der Waals surface area contributed by atoms with Gasteiger partial charge in [-0.3, -0.25) is 4.90 Å². The normalized spacial score (nSPS) is 20.7. The van der Waals surface area contributed by atoms with Crippen LogP contribution in [0.15, 0.2) is 16.5 Å². The van der Waals surface area contributed by atoms with Crippen LogP contribution in [0.2, 0.25) is 0 Å². The number of nitrogens with zero attached hydrogens (tertiary/aromatic N) is 1. The Kier molecular flexibility index (Phi) is 5.26. The first-order chi connectivity index (χ1) is 8.81. The highest BCUT2D eigenvalue weighted by Gasteiger charge is 2.22. The molecule has 0 aromatic carbocycles. The van der Waals surface area contributed by atoms with Crippen LogP contribution in [0.5, 0.6) is 0 Å². The second-order valence-electron chi connectivity index (χ2n) is 5.33. The monoisotopic (exact) mass is 250 g/mol. The Morgan fingerprint density at radius 1 is 1.33 bits per heavy atom. The Morgan fingerprint density at radius 2 is 2.17 bits per heavy atom. The highest BCUT2D eigenvalue weighted by Crippen LogP contribution is 2.23. The van der Waals surface area contributed by atoms with Crippen LogP contribution in [0.1, 0.15) is 44.6 Å². The highest BCUT2D eigenvalue weighted by molar-refractivity contribution is 5.07. The van der Waals surface area contributed by atoms with E-state index in [4.69, 9.17) is 4.42 Å². The SMILES string of the molecule is CCCC1CCN(Cc2ccc(CNCC)o2)C1. The number of nitrogens with one attached hydrogen (secondary N) is 1. The van der Waals surface area contributed by atoms with E-state index in [0.717, 1.165) is 37.1 Å². The van der Waals surface area contributed by atoms with Crippen LogP contribution in [0.3, 0.4) is 0 Å². The van der Waals surface area contributed by atoms with Crippen molar-refractivity contribution in [1.82, 2.24) is 10.2 Å². The predicted molar refractivity (Wildman–Crippen MR) is 74.4 cm³/mol. The zero-order valence-corrected chi connectivity index (χ0v) is 11.7. The van der Waals surface area contributed by atoms with Gasteiger partial charge in [0, 0.05) is 6.54 Å². The first kappa shape index (κ1) is 13.6. The molecule has 1 N–H and O–H groups in total. The van der Waals surface area contributed by atoms with Crippen molar-refractivity contribution in [3.05, 3.63) is 23.7 Å². The van der Waals surface area contributed by atoms with Gasteiger partial charge in [-0.05, 0) is 44.0 Å². The third-order valence-electron chi connectivity index (χ3n) is 3.71. The molecule has 2 rings (SSSR count). The number of hydrogen-bond donors (Lipinski definition) is 1. The highest BCUT2D eigenvalue weighted by atomic mass is 16.3. The van der Waals surface area contributed by atoms with Gasteiger partial charge in [-0.1, -0.05) is 20.3 Å². The average Bonchev–Trinajstić information content (AvgIpc) is 2.98. The van der Waals surface area contributed by atoms with Crippen molar-refractivity contribution in [2.24, 2.45) is 5.92 Å². The minimum Gasteiger partial charge on any atom is -0.463 e. The Bertz CT molecular complexity index is 348. The van der Waals surface area contributed by atoms with Crippen LogP contribution in [0, 0.1) is 5.92 Å². The first-order valence-electron chi connectivity index (χ1n) is 7.32. The molecule has 0 radical (unpaired) electrons. The maximum Gasteiger partial charge on any atom is 0.118 e. The molecule has 1 atom stereocenters. The third kappa shape index (κ3) is 3.85. The van der Waals surface area contributed by atoms with Gasteiger partial charge >= 0.3 is 0 Å². The molecule has 102 valence electrons. The summed E-state index contributed by atoms with van der Waals surface area (Å²) in [6.45, 7) is 9.68. The minimum absolute atomic E-state index is 0.842. The average molecular weight is 250 g/mol. The summed E-state index contributed by atoms with van der Waals surface area (Å²) in [5.41, 5.74) is 0. The van der Waals surface area contributed by atoms with Crippen LogP contribution in [-0.2, 0) is 13.1 Å². The maximum absolute atomic E-state index is 5.84. The molecule has 1 aliphatic heterocycles. The molecule has 1 aliphatic rings. The number of rotatable bonds is 7. The van der Waals surface area contributed by atoms with Gasteiger partial charge in [-0.2, -0.15) is 0 Å². The van der Waals surface area contributed by atoms with Crippen molar-refractivity contribution < 1.29 is 4.42 Å². The van der Waals surface area contributed by atoms with E-state index in [0.29, 0.717) is 0 Å². The molecule has 1 fully saturated rings. The van der Waals surface area contributed by atoms with Crippen LogP contribution in [0.4, 0.5) is 0 Å².